The summed E-state index contributed by atoms with van der Waals surface area (Å²) >= 11 is 0. The summed E-state index contributed by atoms with van der Waals surface area (Å²) in [6.45, 7) is 1.93. The normalized spacial score (nSPS) is 15.3. The molecule has 2 heteroatoms. The first-order valence-corrected chi connectivity index (χ1v) is 4.92. The Morgan fingerprint density at radius 3 is 2.67 bits per heavy atom. The van der Waals surface area contributed by atoms with E-state index in [9.17, 15) is 0 Å². The summed E-state index contributed by atoms with van der Waals surface area (Å²) in [7, 11) is 0. The zero-order valence-corrected chi connectivity index (χ0v) is 8.62. The number of hydrogen-bond donors (Lipinski definition) is 1. The van der Waals surface area contributed by atoms with Crippen molar-refractivity contribution in [2.75, 3.05) is 0 Å². The minimum Gasteiger partial charge on any atom is -0.364 e. The lowest BCUT2D eigenvalue weighted by molar-refractivity contribution is 0.980. The van der Waals surface area contributed by atoms with Crippen LogP contribution in [0.2, 0.25) is 0 Å². The molecule has 0 aliphatic carbocycles. The van der Waals surface area contributed by atoms with Gasteiger partial charge in [-0.2, -0.15) is 5.26 Å². The summed E-state index contributed by atoms with van der Waals surface area (Å²) in [6.07, 6.45) is 2.70. The Balaban J connectivity index is 2.27. The van der Waals surface area contributed by atoms with Crippen molar-refractivity contribution in [2.24, 2.45) is 0 Å². The molecule has 0 bridgehead atoms. The van der Waals surface area contributed by atoms with E-state index < -0.39 is 0 Å². The van der Waals surface area contributed by atoms with Crippen LogP contribution >= 0.6 is 0 Å². The van der Waals surface area contributed by atoms with Gasteiger partial charge in [0.05, 0.1) is 11.6 Å². The van der Waals surface area contributed by atoms with Crippen molar-refractivity contribution >= 4 is 5.57 Å². The van der Waals surface area contributed by atoms with Gasteiger partial charge < -0.3 is 5.32 Å². The first-order chi connectivity index (χ1) is 7.31. The van der Waals surface area contributed by atoms with E-state index in [1.54, 1.807) is 0 Å². The van der Waals surface area contributed by atoms with Crippen LogP contribution in [-0.4, -0.2) is 0 Å². The first kappa shape index (κ1) is 9.54. The van der Waals surface area contributed by atoms with Crippen LogP contribution in [0.5, 0.6) is 0 Å². The highest BCUT2D eigenvalue weighted by atomic mass is 14.9. The Bertz CT molecular complexity index is 461. The van der Waals surface area contributed by atoms with Gasteiger partial charge >= 0.3 is 0 Å². The van der Waals surface area contributed by atoms with E-state index >= 15 is 0 Å². The van der Waals surface area contributed by atoms with E-state index in [0.717, 1.165) is 23.3 Å². The second kappa shape index (κ2) is 4.02. The number of nitriles is 1. The number of nitrogens with zero attached hydrogens (tertiary/aromatic N) is 1. The molecule has 1 aromatic carbocycles. The third-order valence-corrected chi connectivity index (χ3v) is 2.56. The summed E-state index contributed by atoms with van der Waals surface area (Å²) in [5.41, 5.74) is 4.11. The van der Waals surface area contributed by atoms with Crippen molar-refractivity contribution in [1.29, 1.82) is 5.26 Å². The fraction of sp³-hybridized carbons (Fsp3) is 0.154. The molecule has 2 nitrogen and oxygen atoms in total. The van der Waals surface area contributed by atoms with E-state index in [1.807, 2.05) is 31.3 Å². The molecule has 0 fully saturated rings. The Labute approximate surface area is 89.5 Å². The molecule has 1 heterocycles. The molecule has 74 valence electrons. The number of benzene rings is 1. The molecule has 0 amide bonds. The van der Waals surface area contributed by atoms with Crippen molar-refractivity contribution in [3.63, 3.8) is 0 Å². The van der Waals surface area contributed by atoms with Crippen molar-refractivity contribution in [3.8, 4) is 6.07 Å². The van der Waals surface area contributed by atoms with E-state index in [-0.39, 0.29) is 0 Å². The largest absolute Gasteiger partial charge is 0.364 e. The molecule has 1 N–H and O–H groups in total. The van der Waals surface area contributed by atoms with Gasteiger partial charge in [0, 0.05) is 18.3 Å². The average Bonchev–Trinajstić information content (AvgIpc) is 2.31. The molecule has 0 radical (unpaired) electrons. The van der Waals surface area contributed by atoms with Gasteiger partial charge in [-0.05, 0) is 18.1 Å². The number of dihydropyridines is 1. The van der Waals surface area contributed by atoms with Gasteiger partial charge in [-0.3, -0.25) is 0 Å². The second-order valence-electron chi connectivity index (χ2n) is 3.57. The monoisotopic (exact) mass is 196 g/mol. The van der Waals surface area contributed by atoms with Crippen molar-refractivity contribution in [1.82, 2.24) is 5.32 Å². The third-order valence-electron chi connectivity index (χ3n) is 2.56. The highest BCUT2D eigenvalue weighted by Gasteiger charge is 2.11. The van der Waals surface area contributed by atoms with E-state index in [0.29, 0.717) is 0 Å². The van der Waals surface area contributed by atoms with Gasteiger partial charge in [-0.1, -0.05) is 30.3 Å². The van der Waals surface area contributed by atoms with E-state index in [2.05, 4.69) is 23.5 Å². The maximum Gasteiger partial charge on any atom is 0.0968 e. The van der Waals surface area contributed by atoms with Crippen LogP contribution in [0.3, 0.4) is 0 Å². The zero-order chi connectivity index (χ0) is 10.7. The summed E-state index contributed by atoms with van der Waals surface area (Å²) in [6, 6.07) is 12.4. The van der Waals surface area contributed by atoms with Gasteiger partial charge in [0.1, 0.15) is 0 Å². The predicted molar refractivity (Wildman–Crippen MR) is 60.5 cm³/mol. The molecule has 0 spiro atoms. The quantitative estimate of drug-likeness (QED) is 0.749. The number of rotatable bonds is 1. The van der Waals surface area contributed by atoms with Crippen LogP contribution in [0.15, 0.2) is 47.8 Å². The molecule has 1 aliphatic heterocycles. The molecule has 1 aliphatic rings. The maximum absolute atomic E-state index is 8.95. The van der Waals surface area contributed by atoms with Crippen molar-refractivity contribution in [2.45, 2.75) is 13.3 Å². The van der Waals surface area contributed by atoms with E-state index in [4.69, 9.17) is 5.26 Å². The summed E-state index contributed by atoms with van der Waals surface area (Å²) in [4.78, 5) is 0. The van der Waals surface area contributed by atoms with Crippen LogP contribution in [0.4, 0.5) is 0 Å². The molecule has 0 atom stereocenters. The summed E-state index contributed by atoms with van der Waals surface area (Å²) < 4.78 is 0. The molecular weight excluding hydrogens is 184 g/mol. The number of nitrogens with one attached hydrogen (secondary N) is 1. The summed E-state index contributed by atoms with van der Waals surface area (Å²) in [5, 5.41) is 12.1. The van der Waals surface area contributed by atoms with Gasteiger partial charge in [0.15, 0.2) is 0 Å². The minimum atomic E-state index is 0.722. The highest BCUT2D eigenvalue weighted by molar-refractivity contribution is 5.70. The predicted octanol–water partition coefficient (Wildman–Crippen LogP) is 2.82. The smallest absolute Gasteiger partial charge is 0.0968 e. The van der Waals surface area contributed by atoms with Crippen LogP contribution in [0, 0.1) is 11.3 Å². The van der Waals surface area contributed by atoms with Crippen molar-refractivity contribution in [3.05, 3.63) is 53.4 Å². The summed E-state index contributed by atoms with van der Waals surface area (Å²) in [5.74, 6) is 0. The van der Waals surface area contributed by atoms with Crippen LogP contribution in [0.1, 0.15) is 18.9 Å². The Morgan fingerprint density at radius 2 is 2.00 bits per heavy atom. The molecule has 2 rings (SSSR count). The van der Waals surface area contributed by atoms with Crippen LogP contribution in [-0.2, 0) is 0 Å². The highest BCUT2D eigenvalue weighted by Crippen LogP contribution is 2.25. The fourth-order valence-corrected chi connectivity index (χ4v) is 1.62. The third kappa shape index (κ3) is 1.92. The molecule has 1 aromatic rings. The molecule has 0 unspecified atom stereocenters. The Kier molecular flexibility index (Phi) is 2.55. The number of hydrogen-bond acceptors (Lipinski definition) is 2. The lowest BCUT2D eigenvalue weighted by Crippen LogP contribution is -2.11. The SMILES string of the molecule is CC1=C(C#N)CC(c2ccccc2)=CN1. The lowest BCUT2D eigenvalue weighted by atomic mass is 9.96. The average molecular weight is 196 g/mol. The second-order valence-corrected chi connectivity index (χ2v) is 3.57. The molecule has 15 heavy (non-hydrogen) atoms. The Morgan fingerprint density at radius 1 is 1.27 bits per heavy atom. The number of allylic oxidation sites excluding steroid dienone is 3. The first-order valence-electron chi connectivity index (χ1n) is 4.92. The van der Waals surface area contributed by atoms with Crippen LogP contribution in [0.25, 0.3) is 5.57 Å². The van der Waals surface area contributed by atoms with Gasteiger partial charge in [0.2, 0.25) is 0 Å². The minimum absolute atomic E-state index is 0.722. The van der Waals surface area contributed by atoms with Crippen molar-refractivity contribution < 1.29 is 0 Å². The molecule has 0 saturated heterocycles. The Hall–Kier alpha value is -2.01. The molecular formula is C13H12N2. The van der Waals surface area contributed by atoms with Gasteiger partial charge in [0.25, 0.3) is 0 Å². The molecule has 0 aromatic heterocycles. The maximum atomic E-state index is 8.95. The standard InChI is InChI=1S/C13H12N2/c1-10-12(8-14)7-13(9-15-10)11-5-3-2-4-6-11/h2-6,9,15H,7H2,1H3. The topological polar surface area (TPSA) is 35.8 Å². The lowest BCUT2D eigenvalue weighted by Gasteiger charge is -2.16. The fourth-order valence-electron chi connectivity index (χ4n) is 1.62. The van der Waals surface area contributed by atoms with Gasteiger partial charge in [-0.15, -0.1) is 0 Å². The van der Waals surface area contributed by atoms with Gasteiger partial charge in [-0.25, -0.2) is 0 Å². The van der Waals surface area contributed by atoms with Crippen LogP contribution < -0.4 is 5.32 Å². The van der Waals surface area contributed by atoms with E-state index in [1.165, 1.54) is 5.56 Å². The zero-order valence-electron chi connectivity index (χ0n) is 8.62. The molecule has 0 saturated carbocycles.